The first kappa shape index (κ1) is 36.8. The highest BCUT2D eigenvalue weighted by molar-refractivity contribution is 7.59. The Morgan fingerprint density at radius 1 is 0.898 bits per heavy atom. The number of ether oxygens (including phenoxy) is 4. The molecule has 1 aromatic heterocycles. The van der Waals surface area contributed by atoms with Gasteiger partial charge < -0.3 is 23.8 Å². The zero-order chi connectivity index (χ0) is 34.3. The number of hydrogen-bond donors (Lipinski definition) is 3. The van der Waals surface area contributed by atoms with Crippen LogP contribution in [0.15, 0.2) is 91.0 Å². The van der Waals surface area contributed by atoms with Crippen molar-refractivity contribution in [2.24, 2.45) is 11.5 Å². The third-order valence-electron chi connectivity index (χ3n) is 7.32. The Labute approximate surface area is 286 Å². The van der Waals surface area contributed by atoms with E-state index in [9.17, 15) is 18.0 Å². The summed E-state index contributed by atoms with van der Waals surface area (Å²) in [6.07, 6.45) is -4.39. The van der Waals surface area contributed by atoms with Gasteiger partial charge in [0.1, 0.15) is 46.7 Å². The Balaban J connectivity index is 0.00000541. The predicted octanol–water partition coefficient (Wildman–Crippen LogP) is 4.02. The van der Waals surface area contributed by atoms with Crippen LogP contribution in [0.4, 0.5) is 13.2 Å². The molecule has 0 unspecified atom stereocenters. The molecule has 1 atom stereocenters. The summed E-state index contributed by atoms with van der Waals surface area (Å²) in [7, 11) is 3.04. The molecule has 0 aliphatic carbocycles. The van der Waals surface area contributed by atoms with Gasteiger partial charge in [0.05, 0.1) is 19.8 Å². The number of carbonyl (C=O) groups is 1. The third kappa shape index (κ3) is 9.32. The van der Waals surface area contributed by atoms with Crippen LogP contribution in [-0.2, 0) is 34.5 Å². The number of hydrogen-bond acceptors (Lipinski definition) is 11. The van der Waals surface area contributed by atoms with Gasteiger partial charge in [0.15, 0.2) is 0 Å². The zero-order valence-corrected chi connectivity index (χ0v) is 27.4. The molecule has 49 heavy (non-hydrogen) atoms. The van der Waals surface area contributed by atoms with Crippen molar-refractivity contribution in [2.75, 3.05) is 21.0 Å². The number of carbonyl (C=O) groups excluding carboxylic acids is 1. The van der Waals surface area contributed by atoms with E-state index >= 15 is 0 Å². The van der Waals surface area contributed by atoms with Crippen LogP contribution >= 0.6 is 13.5 Å². The number of methoxy groups -OCH3 is 2. The van der Waals surface area contributed by atoms with Crippen LogP contribution in [0.1, 0.15) is 22.3 Å². The van der Waals surface area contributed by atoms with Gasteiger partial charge in [0, 0.05) is 17.2 Å². The van der Waals surface area contributed by atoms with Gasteiger partial charge in [-0.05, 0) is 59.7 Å². The number of halogens is 3. The molecule has 4 aromatic carbocycles. The maximum Gasteiger partial charge on any atom is 0.416 e. The molecule has 12 nitrogen and oxygen atoms in total. The van der Waals surface area contributed by atoms with Gasteiger partial charge in [-0.25, -0.2) is 0 Å². The van der Waals surface area contributed by atoms with Crippen molar-refractivity contribution in [3.05, 3.63) is 113 Å². The summed E-state index contributed by atoms with van der Waals surface area (Å²) >= 11 is 0. The van der Waals surface area contributed by atoms with E-state index < -0.39 is 29.5 Å². The lowest BCUT2D eigenvalue weighted by molar-refractivity contribution is -0.148. The van der Waals surface area contributed by atoms with Crippen LogP contribution in [0.25, 0.3) is 11.0 Å². The van der Waals surface area contributed by atoms with Crippen LogP contribution in [0.3, 0.4) is 0 Å². The Hall–Kier alpha value is -5.03. The van der Waals surface area contributed by atoms with Crippen molar-refractivity contribution in [3.8, 4) is 17.2 Å². The number of esters is 1. The highest BCUT2D eigenvalue weighted by Crippen LogP contribution is 2.31. The number of alkyl halides is 3. The minimum absolute atomic E-state index is 0. The van der Waals surface area contributed by atoms with Gasteiger partial charge >= 0.3 is 12.1 Å². The molecule has 0 aliphatic heterocycles. The summed E-state index contributed by atoms with van der Waals surface area (Å²) in [6.45, 7) is -0.456. The van der Waals surface area contributed by atoms with E-state index in [0.29, 0.717) is 33.9 Å². The Bertz CT molecular complexity index is 1840. The van der Waals surface area contributed by atoms with Crippen molar-refractivity contribution < 1.29 is 41.8 Å². The first-order chi connectivity index (χ1) is 23.0. The third-order valence-corrected chi connectivity index (χ3v) is 7.32. The average molecular weight is 701 g/mol. The van der Waals surface area contributed by atoms with Crippen molar-refractivity contribution in [2.45, 2.75) is 31.0 Å². The van der Waals surface area contributed by atoms with Gasteiger partial charge in [-0.3, -0.25) is 21.6 Å². The van der Waals surface area contributed by atoms with Crippen LogP contribution in [0.5, 0.6) is 17.2 Å². The van der Waals surface area contributed by atoms with Crippen molar-refractivity contribution >= 4 is 30.5 Å². The second-order valence-electron chi connectivity index (χ2n) is 10.6. The molecular weight excluding hydrogens is 665 g/mol. The molecule has 5 N–H and O–H groups in total. The minimum Gasteiger partial charge on any atom is -0.497 e. The van der Waals surface area contributed by atoms with Gasteiger partial charge in [0.25, 0.3) is 6.79 Å². The molecule has 1 heterocycles. The molecular formula is C33H35F3N6O6S. The maximum atomic E-state index is 13.5. The Morgan fingerprint density at radius 2 is 1.61 bits per heavy atom. The van der Waals surface area contributed by atoms with Crippen molar-refractivity contribution in [1.82, 2.24) is 20.5 Å². The number of nitrogens with two attached hydrogens (primary N) is 2. The monoisotopic (exact) mass is 700 g/mol. The first-order valence-corrected chi connectivity index (χ1v) is 14.5. The second kappa shape index (κ2) is 15.9. The highest BCUT2D eigenvalue weighted by Gasteiger charge is 2.32. The lowest BCUT2D eigenvalue weighted by Gasteiger charge is -2.31. The molecule has 0 fully saturated rings. The number of benzene rings is 4. The Kier molecular flexibility index (Phi) is 12.0. The first-order valence-electron chi connectivity index (χ1n) is 14.5. The zero-order valence-electron chi connectivity index (χ0n) is 26.4. The fraction of sp³-hybridized carbons (Fsp3) is 0.242. The van der Waals surface area contributed by atoms with Gasteiger partial charge in [-0.15, -0.1) is 5.10 Å². The number of nitrogens with zero attached hydrogens (tertiary/aromatic N) is 3. The van der Waals surface area contributed by atoms with Crippen LogP contribution in [-0.4, -0.2) is 48.2 Å². The molecule has 0 amide bonds. The fourth-order valence-corrected chi connectivity index (χ4v) is 4.77. The topological polar surface area (TPSA) is 158 Å². The van der Waals surface area contributed by atoms with Crippen LogP contribution < -0.4 is 35.8 Å². The summed E-state index contributed by atoms with van der Waals surface area (Å²) in [5.74, 6) is -0.716. The Morgan fingerprint density at radius 3 is 2.29 bits per heavy atom. The SMILES string of the molecule is COc1ccc(COC(=O)[C@@H](Cc2ccc(OCOn3nnc4ccc(C(F)(F)F)cc43)cc2)NC(N)(N)c2ccccc2)c(OC)c1.S. The predicted molar refractivity (Wildman–Crippen MR) is 178 cm³/mol. The molecule has 0 spiro atoms. The van der Waals surface area contributed by atoms with E-state index in [1.807, 2.05) is 6.07 Å². The molecule has 0 aliphatic rings. The van der Waals surface area contributed by atoms with E-state index in [1.54, 1.807) is 66.7 Å². The summed E-state index contributed by atoms with van der Waals surface area (Å²) in [6, 6.07) is 22.8. The number of nitrogens with one attached hydrogen (secondary N) is 1. The van der Waals surface area contributed by atoms with Gasteiger partial charge in [0.2, 0.25) is 0 Å². The molecule has 260 valence electrons. The van der Waals surface area contributed by atoms with Gasteiger partial charge in [-0.2, -0.15) is 26.7 Å². The number of rotatable bonds is 14. The van der Waals surface area contributed by atoms with E-state index in [4.69, 9.17) is 35.3 Å². The van der Waals surface area contributed by atoms with Crippen LogP contribution in [0.2, 0.25) is 0 Å². The largest absolute Gasteiger partial charge is 0.497 e. The van der Waals surface area contributed by atoms with Crippen molar-refractivity contribution in [1.29, 1.82) is 0 Å². The summed E-state index contributed by atoms with van der Waals surface area (Å²) in [5, 5.41) is 10.6. The number of aromatic nitrogens is 3. The van der Waals surface area contributed by atoms with Gasteiger partial charge in [-0.1, -0.05) is 47.3 Å². The molecule has 0 saturated heterocycles. The molecule has 0 radical (unpaired) electrons. The summed E-state index contributed by atoms with van der Waals surface area (Å²) < 4.78 is 61.3. The van der Waals surface area contributed by atoms with Crippen molar-refractivity contribution in [3.63, 3.8) is 0 Å². The molecule has 0 saturated carbocycles. The second-order valence-corrected chi connectivity index (χ2v) is 10.6. The van der Waals surface area contributed by atoms with E-state index in [-0.39, 0.29) is 44.3 Å². The number of fused-ring (bicyclic) bond motifs is 1. The normalized spacial score (nSPS) is 12.1. The molecule has 16 heteroatoms. The molecule has 5 aromatic rings. The standard InChI is InChI=1S/C33H33F3N6O6.H2S/c1-44-26-14-10-22(30(18-26)45-2)19-46-31(43)28(39-33(37,38)23-6-4-3-5-7-23)16-21-8-12-25(13-9-21)47-20-48-42-29-17-24(32(34,35)36)11-15-27(29)40-41-42;/h3-15,17-18,28,39H,16,19-20,37-38H2,1-2H3;1H2/t28-;/m1./s1. The quantitative estimate of drug-likeness (QED) is 0.114. The summed E-state index contributed by atoms with van der Waals surface area (Å²) in [4.78, 5) is 19.7. The van der Waals surface area contributed by atoms with E-state index in [2.05, 4.69) is 15.6 Å². The smallest absolute Gasteiger partial charge is 0.416 e. The average Bonchev–Trinajstić information content (AvgIpc) is 3.49. The lowest BCUT2D eigenvalue weighted by atomic mass is 10.0. The lowest BCUT2D eigenvalue weighted by Crippen LogP contribution is -2.63. The fourth-order valence-electron chi connectivity index (χ4n) is 4.77. The molecule has 0 bridgehead atoms. The van der Waals surface area contributed by atoms with Crippen LogP contribution in [0, 0.1) is 0 Å². The molecule has 5 rings (SSSR count). The van der Waals surface area contributed by atoms with E-state index in [1.165, 1.54) is 20.3 Å². The van der Waals surface area contributed by atoms with E-state index in [0.717, 1.165) is 17.0 Å². The maximum absolute atomic E-state index is 13.5. The summed E-state index contributed by atoms with van der Waals surface area (Å²) in [5.41, 5.74) is 14.1. The minimum atomic E-state index is -4.53. The highest BCUT2D eigenvalue weighted by atomic mass is 32.1.